The highest BCUT2D eigenvalue weighted by molar-refractivity contribution is 7.95. The molecule has 4 aromatic rings. The minimum Gasteiger partial charge on any atom is -0.497 e. The van der Waals surface area contributed by atoms with Gasteiger partial charge in [-0.15, -0.1) is 0 Å². The molecule has 156 valence electrons. The summed E-state index contributed by atoms with van der Waals surface area (Å²) in [7, 11) is -0.183. The zero-order valence-corrected chi connectivity index (χ0v) is 19.7. The summed E-state index contributed by atoms with van der Waals surface area (Å²) >= 11 is 0. The molecule has 0 amide bonds. The maximum atomic E-state index is 5.55. The van der Waals surface area contributed by atoms with Crippen LogP contribution in [0.3, 0.4) is 0 Å². The minimum absolute atomic E-state index is 0.910. The summed E-state index contributed by atoms with van der Waals surface area (Å²) in [6.07, 6.45) is 0.958. The topological polar surface area (TPSA) is 9.23 Å². The van der Waals surface area contributed by atoms with E-state index < -0.39 is 7.26 Å². The summed E-state index contributed by atoms with van der Waals surface area (Å²) in [6, 6.07) is 36.0. The van der Waals surface area contributed by atoms with E-state index in [1.54, 1.807) is 7.11 Å². The summed E-state index contributed by atoms with van der Waals surface area (Å²) in [5.41, 5.74) is 5.16. The molecule has 0 aliphatic carbocycles. The van der Waals surface area contributed by atoms with Crippen molar-refractivity contribution in [2.45, 2.75) is 26.9 Å². The van der Waals surface area contributed by atoms with Crippen molar-refractivity contribution in [3.05, 3.63) is 119 Å². The molecule has 0 aromatic heterocycles. The monoisotopic (exact) mass is 425 g/mol. The van der Waals surface area contributed by atoms with Gasteiger partial charge in [0.05, 0.1) is 13.3 Å². The molecule has 0 bridgehead atoms. The molecule has 1 nitrogen and oxygen atoms in total. The first-order valence-corrected chi connectivity index (χ1v) is 12.7. The second kappa shape index (κ2) is 9.08. The van der Waals surface area contributed by atoms with Crippen LogP contribution < -0.4 is 20.7 Å². The predicted molar refractivity (Wildman–Crippen MR) is 136 cm³/mol. The van der Waals surface area contributed by atoms with Gasteiger partial charge in [-0.2, -0.15) is 0 Å². The molecule has 0 saturated carbocycles. The fourth-order valence-corrected chi connectivity index (χ4v) is 8.32. The molecular weight excluding hydrogens is 395 g/mol. The maximum Gasteiger partial charge on any atom is 0.119 e. The Labute approximate surface area is 187 Å². The van der Waals surface area contributed by atoms with Gasteiger partial charge in [0.25, 0.3) is 0 Å². The molecular formula is C29H30OP+. The van der Waals surface area contributed by atoms with E-state index in [9.17, 15) is 0 Å². The van der Waals surface area contributed by atoms with E-state index in [0.29, 0.717) is 0 Å². The highest BCUT2D eigenvalue weighted by Crippen LogP contribution is 2.58. The second-order valence-corrected chi connectivity index (χ2v) is 11.8. The van der Waals surface area contributed by atoms with Gasteiger partial charge in [0.15, 0.2) is 0 Å². The van der Waals surface area contributed by atoms with E-state index in [1.807, 2.05) is 6.07 Å². The van der Waals surface area contributed by atoms with Crippen LogP contribution in [0.1, 0.15) is 22.3 Å². The summed E-state index contributed by atoms with van der Waals surface area (Å²) in [4.78, 5) is 0. The van der Waals surface area contributed by atoms with Crippen molar-refractivity contribution in [3.63, 3.8) is 0 Å². The average Bonchev–Trinajstić information content (AvgIpc) is 2.79. The van der Waals surface area contributed by atoms with Crippen molar-refractivity contribution in [3.8, 4) is 5.75 Å². The van der Waals surface area contributed by atoms with E-state index in [-0.39, 0.29) is 0 Å². The highest BCUT2D eigenvalue weighted by Gasteiger charge is 2.45. The Morgan fingerprint density at radius 1 is 0.581 bits per heavy atom. The molecule has 4 rings (SSSR count). The van der Waals surface area contributed by atoms with E-state index in [2.05, 4.69) is 112 Å². The van der Waals surface area contributed by atoms with Crippen LogP contribution in [0.15, 0.2) is 97.1 Å². The largest absolute Gasteiger partial charge is 0.497 e. The van der Waals surface area contributed by atoms with Crippen LogP contribution in [0.25, 0.3) is 0 Å². The van der Waals surface area contributed by atoms with Gasteiger partial charge in [-0.25, -0.2) is 0 Å². The second-order valence-electron chi connectivity index (χ2n) is 8.33. The van der Waals surface area contributed by atoms with Crippen LogP contribution in [-0.4, -0.2) is 7.11 Å². The lowest BCUT2D eigenvalue weighted by Crippen LogP contribution is -2.32. The Morgan fingerprint density at radius 2 is 1.00 bits per heavy atom. The number of hydrogen-bond acceptors (Lipinski definition) is 1. The van der Waals surface area contributed by atoms with Gasteiger partial charge in [0.1, 0.15) is 28.9 Å². The first kappa shape index (κ1) is 21.3. The molecule has 0 atom stereocenters. The Kier molecular flexibility index (Phi) is 6.25. The molecule has 0 heterocycles. The molecule has 0 saturated heterocycles. The van der Waals surface area contributed by atoms with E-state index in [1.165, 1.54) is 38.2 Å². The lowest BCUT2D eigenvalue weighted by Gasteiger charge is -2.28. The molecule has 2 heteroatoms. The Morgan fingerprint density at radius 3 is 1.39 bits per heavy atom. The maximum absolute atomic E-state index is 5.55. The third kappa shape index (κ3) is 4.43. The zero-order valence-electron chi connectivity index (χ0n) is 18.8. The van der Waals surface area contributed by atoms with Gasteiger partial charge in [0, 0.05) is 0 Å². The SMILES string of the molecule is COc1cccc(C[P+](c2ccc(C)cc2)(c2ccc(C)cc2)c2ccc(C)cc2)c1. The normalized spacial score (nSPS) is 11.4. The first-order valence-electron chi connectivity index (χ1n) is 10.7. The fraction of sp³-hybridized carbons (Fsp3) is 0.172. The minimum atomic E-state index is -1.92. The van der Waals surface area contributed by atoms with Gasteiger partial charge in [-0.05, 0) is 74.9 Å². The fourth-order valence-electron chi connectivity index (χ4n) is 4.16. The van der Waals surface area contributed by atoms with Crippen molar-refractivity contribution in [1.29, 1.82) is 0 Å². The van der Waals surface area contributed by atoms with Crippen molar-refractivity contribution >= 4 is 23.2 Å². The van der Waals surface area contributed by atoms with E-state index in [0.717, 1.165) is 11.9 Å². The smallest absolute Gasteiger partial charge is 0.119 e. The lowest BCUT2D eigenvalue weighted by atomic mass is 10.2. The van der Waals surface area contributed by atoms with Gasteiger partial charge >= 0.3 is 0 Å². The highest BCUT2D eigenvalue weighted by atomic mass is 31.2. The van der Waals surface area contributed by atoms with Crippen LogP contribution in [0.5, 0.6) is 5.75 Å². The number of hydrogen-bond donors (Lipinski definition) is 0. The molecule has 4 aromatic carbocycles. The Balaban J connectivity index is 2.00. The van der Waals surface area contributed by atoms with Crippen molar-refractivity contribution < 1.29 is 4.74 Å². The van der Waals surface area contributed by atoms with Crippen LogP contribution in [0, 0.1) is 20.8 Å². The molecule has 0 spiro atoms. The van der Waals surface area contributed by atoms with E-state index >= 15 is 0 Å². The molecule has 0 unspecified atom stereocenters. The summed E-state index contributed by atoms with van der Waals surface area (Å²) in [6.45, 7) is 6.47. The van der Waals surface area contributed by atoms with Crippen LogP contribution in [-0.2, 0) is 6.16 Å². The van der Waals surface area contributed by atoms with Crippen LogP contribution in [0.2, 0.25) is 0 Å². The molecule has 0 N–H and O–H groups in total. The van der Waals surface area contributed by atoms with Crippen LogP contribution in [0.4, 0.5) is 0 Å². The van der Waals surface area contributed by atoms with Gasteiger partial charge < -0.3 is 4.74 Å². The first-order chi connectivity index (χ1) is 15.0. The molecule has 0 radical (unpaired) electrons. The lowest BCUT2D eigenvalue weighted by molar-refractivity contribution is 0.414. The van der Waals surface area contributed by atoms with Gasteiger partial charge in [-0.3, -0.25) is 0 Å². The number of rotatable bonds is 6. The summed E-state index contributed by atoms with van der Waals surface area (Å²) < 4.78 is 5.55. The number of aryl methyl sites for hydroxylation is 3. The predicted octanol–water partition coefficient (Wildman–Crippen LogP) is 6.11. The Bertz CT molecular complexity index is 1030. The average molecular weight is 426 g/mol. The summed E-state index contributed by atoms with van der Waals surface area (Å²) in [5, 5.41) is 4.23. The number of methoxy groups -OCH3 is 1. The van der Waals surface area contributed by atoms with Crippen molar-refractivity contribution in [2.75, 3.05) is 7.11 Å². The quantitative estimate of drug-likeness (QED) is 0.339. The third-order valence-corrected chi connectivity index (χ3v) is 10.4. The van der Waals surface area contributed by atoms with Crippen molar-refractivity contribution in [1.82, 2.24) is 0 Å². The molecule has 31 heavy (non-hydrogen) atoms. The summed E-state index contributed by atoms with van der Waals surface area (Å²) in [5.74, 6) is 0.910. The molecule has 0 aliphatic heterocycles. The van der Waals surface area contributed by atoms with E-state index in [4.69, 9.17) is 4.74 Å². The zero-order chi connectivity index (χ0) is 21.8. The molecule has 0 aliphatic rings. The molecule has 0 fully saturated rings. The third-order valence-electron chi connectivity index (χ3n) is 5.98. The van der Waals surface area contributed by atoms with Gasteiger partial charge in [0.2, 0.25) is 0 Å². The van der Waals surface area contributed by atoms with Gasteiger partial charge in [-0.1, -0.05) is 65.2 Å². The number of benzene rings is 4. The Hall–Kier alpha value is -2.89. The standard InChI is InChI=1S/C29H30OP/c1-22-8-14-27(15-9-22)31(28-16-10-23(2)11-17-28,29-18-12-24(3)13-19-29)21-25-6-5-7-26(20-25)30-4/h5-20H,21H2,1-4H3/q+1. The van der Waals surface area contributed by atoms with Crippen molar-refractivity contribution in [2.24, 2.45) is 0 Å². The van der Waals surface area contributed by atoms with Crippen LogP contribution >= 0.6 is 7.26 Å². The number of ether oxygens (including phenoxy) is 1.